The zero-order valence-corrected chi connectivity index (χ0v) is 19.3. The Morgan fingerprint density at radius 1 is 0.833 bits per heavy atom. The topological polar surface area (TPSA) is 66.6 Å². The number of H-pyrrole nitrogens is 2. The first-order chi connectivity index (χ1) is 17.9. The molecular formula is C29H22F2N4O. The Morgan fingerprint density at radius 3 is 2.11 bits per heavy atom. The van der Waals surface area contributed by atoms with Crippen LogP contribution in [0.2, 0.25) is 0 Å². The Balaban J connectivity index is 1.50. The monoisotopic (exact) mass is 481 g/mol. The van der Waals surface area contributed by atoms with Crippen molar-refractivity contribution in [2.45, 2.75) is 19.6 Å². The molecule has 0 saturated heterocycles. The second-order valence-electron chi connectivity index (χ2n) is 8.69. The summed E-state index contributed by atoms with van der Waals surface area (Å²) in [7, 11) is 0. The number of ether oxygens (including phenoxy) is 1. The molecule has 0 saturated carbocycles. The predicted octanol–water partition coefficient (Wildman–Crippen LogP) is 7.21. The number of hydrogen-bond donors (Lipinski definition) is 2. The van der Waals surface area contributed by atoms with Crippen LogP contribution in [0.1, 0.15) is 48.3 Å². The van der Waals surface area contributed by atoms with Gasteiger partial charge in [-0.2, -0.15) is 0 Å². The summed E-state index contributed by atoms with van der Waals surface area (Å²) in [5, 5.41) is 0. The van der Waals surface area contributed by atoms with E-state index in [0.717, 1.165) is 28.5 Å². The van der Waals surface area contributed by atoms with E-state index in [2.05, 4.69) is 19.9 Å². The van der Waals surface area contributed by atoms with Crippen molar-refractivity contribution in [1.82, 2.24) is 19.9 Å². The number of halogens is 2. The van der Waals surface area contributed by atoms with Crippen molar-refractivity contribution in [3.8, 4) is 0 Å². The average Bonchev–Trinajstić information content (AvgIpc) is 3.66. The fourth-order valence-electron chi connectivity index (χ4n) is 4.24. The van der Waals surface area contributed by atoms with Crippen molar-refractivity contribution < 1.29 is 14.9 Å². The standard InChI is InChI=1S/C29H22F2N4O/c1-17(36-16-18-3-2-4-27(30)29(18)31)26-14-25-13-23-8-7-21(33-23)11-19-5-6-20(32-19)12-22-9-10-24(34-22)15-28(26)35-25/h2-15,17,32,35H,16H2,1H3/i14D. The summed E-state index contributed by atoms with van der Waals surface area (Å²) in [5.74, 6) is -1.85. The Kier molecular flexibility index (Phi) is 5.25. The van der Waals surface area contributed by atoms with E-state index in [9.17, 15) is 8.78 Å². The molecule has 1 aromatic carbocycles. The van der Waals surface area contributed by atoms with Gasteiger partial charge in [0.1, 0.15) is 0 Å². The van der Waals surface area contributed by atoms with Crippen LogP contribution in [0.5, 0.6) is 0 Å². The number of nitrogens with zero attached hydrogens (tertiary/aromatic N) is 2. The minimum Gasteiger partial charge on any atom is -0.369 e. The van der Waals surface area contributed by atoms with Crippen molar-refractivity contribution >= 4 is 46.4 Å². The maximum atomic E-state index is 14.2. The molecule has 178 valence electrons. The van der Waals surface area contributed by atoms with E-state index >= 15 is 0 Å². The normalized spacial score (nSPS) is 13.7. The zero-order chi connectivity index (χ0) is 25.5. The van der Waals surface area contributed by atoms with Crippen molar-refractivity contribution in [3.63, 3.8) is 0 Å². The second kappa shape index (κ2) is 9.02. The molecule has 6 rings (SSSR count). The fraction of sp³-hybridized carbons (Fsp3) is 0.103. The van der Waals surface area contributed by atoms with Crippen LogP contribution in [0, 0.1) is 11.6 Å². The zero-order valence-electron chi connectivity index (χ0n) is 20.3. The maximum absolute atomic E-state index is 14.2. The molecule has 8 bridgehead atoms. The van der Waals surface area contributed by atoms with E-state index in [0.29, 0.717) is 28.0 Å². The number of aromatic nitrogens is 4. The highest BCUT2D eigenvalue weighted by Crippen LogP contribution is 2.27. The summed E-state index contributed by atoms with van der Waals surface area (Å²) in [6.45, 7) is 1.65. The highest BCUT2D eigenvalue weighted by Gasteiger charge is 2.14. The van der Waals surface area contributed by atoms with Gasteiger partial charge in [0.15, 0.2) is 11.6 Å². The largest absolute Gasteiger partial charge is 0.369 e. The van der Waals surface area contributed by atoms with E-state index in [1.807, 2.05) is 60.7 Å². The molecule has 5 nitrogen and oxygen atoms in total. The van der Waals surface area contributed by atoms with Crippen LogP contribution in [0.15, 0.2) is 60.6 Å². The van der Waals surface area contributed by atoms with Crippen LogP contribution < -0.4 is 0 Å². The molecule has 2 aliphatic rings. The van der Waals surface area contributed by atoms with Gasteiger partial charge < -0.3 is 14.7 Å². The molecule has 0 spiro atoms. The lowest BCUT2D eigenvalue weighted by Gasteiger charge is -2.13. The molecular weight excluding hydrogens is 458 g/mol. The van der Waals surface area contributed by atoms with Gasteiger partial charge in [-0.3, -0.25) is 0 Å². The number of aromatic amines is 2. The van der Waals surface area contributed by atoms with E-state index in [4.69, 9.17) is 6.11 Å². The van der Waals surface area contributed by atoms with Crippen LogP contribution in [0.3, 0.4) is 0 Å². The van der Waals surface area contributed by atoms with E-state index in [1.54, 1.807) is 6.92 Å². The summed E-state index contributed by atoms with van der Waals surface area (Å²) >= 11 is 0. The number of nitrogens with one attached hydrogen (secondary N) is 2. The molecule has 7 heteroatoms. The molecule has 1 unspecified atom stereocenters. The molecule has 4 aromatic rings. The molecule has 0 aliphatic carbocycles. The highest BCUT2D eigenvalue weighted by molar-refractivity contribution is 5.78. The van der Waals surface area contributed by atoms with Crippen molar-refractivity contribution in [2.24, 2.45) is 0 Å². The van der Waals surface area contributed by atoms with Gasteiger partial charge in [-0.1, -0.05) is 12.1 Å². The van der Waals surface area contributed by atoms with Gasteiger partial charge in [0.25, 0.3) is 0 Å². The van der Waals surface area contributed by atoms with E-state index in [1.165, 1.54) is 12.1 Å². The van der Waals surface area contributed by atoms with Crippen LogP contribution in [-0.4, -0.2) is 19.9 Å². The van der Waals surface area contributed by atoms with E-state index in [-0.39, 0.29) is 18.2 Å². The Labute approximate surface area is 207 Å². The van der Waals surface area contributed by atoms with Crippen molar-refractivity contribution in [1.29, 1.82) is 0 Å². The van der Waals surface area contributed by atoms with Gasteiger partial charge in [0.05, 0.1) is 36.9 Å². The minimum atomic E-state index is -0.929. The first-order valence-electron chi connectivity index (χ1n) is 12.1. The van der Waals surface area contributed by atoms with Gasteiger partial charge in [0, 0.05) is 33.2 Å². The fourth-order valence-corrected chi connectivity index (χ4v) is 4.24. The van der Waals surface area contributed by atoms with E-state index < -0.39 is 17.7 Å². The molecule has 2 N–H and O–H groups in total. The highest BCUT2D eigenvalue weighted by atomic mass is 19.2. The Morgan fingerprint density at radius 2 is 1.44 bits per heavy atom. The Bertz CT molecular complexity index is 1750. The van der Waals surface area contributed by atoms with Gasteiger partial charge >= 0.3 is 0 Å². The first-order valence-corrected chi connectivity index (χ1v) is 11.6. The van der Waals surface area contributed by atoms with Gasteiger partial charge in [-0.05, 0) is 79.7 Å². The van der Waals surface area contributed by atoms with Crippen LogP contribution in [0.4, 0.5) is 8.78 Å². The lowest BCUT2D eigenvalue weighted by atomic mass is 10.1. The maximum Gasteiger partial charge on any atom is 0.164 e. The van der Waals surface area contributed by atoms with Crippen LogP contribution >= 0.6 is 0 Å². The second-order valence-corrected chi connectivity index (χ2v) is 8.69. The molecule has 2 aliphatic heterocycles. The smallest absolute Gasteiger partial charge is 0.164 e. The summed E-state index contributed by atoms with van der Waals surface area (Å²) in [6.07, 6.45) is 7.04. The van der Waals surface area contributed by atoms with Crippen molar-refractivity contribution in [3.05, 3.63) is 106 Å². The van der Waals surface area contributed by atoms with Gasteiger partial charge in [-0.15, -0.1) is 0 Å². The summed E-state index contributed by atoms with van der Waals surface area (Å²) in [6, 6.07) is 15.8. The summed E-state index contributed by atoms with van der Waals surface area (Å²) in [4.78, 5) is 16.0. The quantitative estimate of drug-likeness (QED) is 0.280. The Hall–Kier alpha value is -4.36. The lowest BCUT2D eigenvalue weighted by molar-refractivity contribution is 0.0515. The molecule has 0 amide bonds. The number of hydrogen-bond acceptors (Lipinski definition) is 3. The third kappa shape index (κ3) is 4.48. The van der Waals surface area contributed by atoms with Gasteiger partial charge in [-0.25, -0.2) is 18.7 Å². The summed E-state index contributed by atoms with van der Waals surface area (Å²) in [5.41, 5.74) is 6.76. The first kappa shape index (κ1) is 21.0. The third-order valence-corrected chi connectivity index (χ3v) is 6.04. The third-order valence-electron chi connectivity index (χ3n) is 6.04. The molecule has 0 fully saturated rings. The number of benzene rings is 1. The summed E-state index contributed by atoms with van der Waals surface area (Å²) < 4.78 is 42.6. The SMILES string of the molecule is [2H]c1c(C(C)OCc2cccc(F)c2F)c2cc3nc(cc4ccc(cc5nc(cc1[nH]2)C=C5)[nH]4)C=C3. The predicted molar refractivity (Wildman–Crippen MR) is 138 cm³/mol. The molecule has 5 heterocycles. The molecule has 36 heavy (non-hydrogen) atoms. The van der Waals surface area contributed by atoms with Crippen LogP contribution in [-0.2, 0) is 11.3 Å². The lowest BCUT2D eigenvalue weighted by Crippen LogP contribution is -2.02. The van der Waals surface area contributed by atoms with Gasteiger partial charge in [0.2, 0.25) is 0 Å². The molecule has 3 aromatic heterocycles. The number of fused-ring (bicyclic) bond motifs is 8. The number of rotatable bonds is 4. The van der Waals surface area contributed by atoms with Crippen molar-refractivity contribution in [2.75, 3.05) is 0 Å². The molecule has 1 atom stereocenters. The minimum absolute atomic E-state index is 0.117. The average molecular weight is 482 g/mol. The van der Waals surface area contributed by atoms with Crippen LogP contribution in [0.25, 0.3) is 46.4 Å². The molecule has 0 radical (unpaired) electrons.